The van der Waals surface area contributed by atoms with Crippen molar-refractivity contribution in [2.45, 2.75) is 30.8 Å². The standard InChI is InChI=1S/C30H29BN2O5/c34-29(32-28(31(35)36)17-22-9-3-1-4-10-22)30(19-23-11-5-2-6-12-23)20-26(33-38-30)21-37-27-16-15-24-13-7-8-14-25(24)18-27/h1-16,18,28,35-36H,17,19-21H2,(H,32,34). The van der Waals surface area contributed by atoms with Crippen LogP contribution in [0.4, 0.5) is 0 Å². The second-order valence-corrected chi connectivity index (χ2v) is 9.56. The van der Waals surface area contributed by atoms with E-state index in [2.05, 4.69) is 10.5 Å². The molecule has 0 spiro atoms. The Morgan fingerprint density at radius 1 is 0.921 bits per heavy atom. The van der Waals surface area contributed by atoms with Crippen molar-refractivity contribution in [3.8, 4) is 5.75 Å². The summed E-state index contributed by atoms with van der Waals surface area (Å²) in [6.07, 6.45) is 0.730. The normalized spacial score (nSPS) is 17.4. The number of ether oxygens (including phenoxy) is 1. The van der Waals surface area contributed by atoms with Crippen LogP contribution in [0.5, 0.6) is 5.75 Å². The number of oxime groups is 1. The molecular formula is C30H29BN2O5. The van der Waals surface area contributed by atoms with Crippen LogP contribution in [0, 0.1) is 0 Å². The van der Waals surface area contributed by atoms with Gasteiger partial charge in [0.2, 0.25) is 5.60 Å². The van der Waals surface area contributed by atoms with Crippen LogP contribution in [0.3, 0.4) is 0 Å². The average Bonchev–Trinajstić information content (AvgIpc) is 3.36. The minimum atomic E-state index is -1.74. The first-order valence-electron chi connectivity index (χ1n) is 12.6. The fourth-order valence-corrected chi connectivity index (χ4v) is 4.67. The summed E-state index contributed by atoms with van der Waals surface area (Å²) in [5.41, 5.74) is 1.02. The highest BCUT2D eigenvalue weighted by Gasteiger charge is 2.48. The van der Waals surface area contributed by atoms with Crippen LogP contribution in [0.25, 0.3) is 10.8 Å². The number of nitrogens with one attached hydrogen (secondary N) is 1. The molecule has 2 unspecified atom stereocenters. The zero-order valence-corrected chi connectivity index (χ0v) is 20.9. The quantitative estimate of drug-likeness (QED) is 0.284. The van der Waals surface area contributed by atoms with Crippen LogP contribution < -0.4 is 10.1 Å². The van der Waals surface area contributed by atoms with Gasteiger partial charge >= 0.3 is 7.12 Å². The summed E-state index contributed by atoms with van der Waals surface area (Å²) in [5.74, 6) is -0.679. The third-order valence-electron chi connectivity index (χ3n) is 6.69. The Kier molecular flexibility index (Phi) is 7.72. The fraction of sp³-hybridized carbons (Fsp3) is 0.200. The maximum Gasteiger partial charge on any atom is 0.475 e. The maximum absolute atomic E-state index is 13.7. The number of benzene rings is 4. The van der Waals surface area contributed by atoms with Gasteiger partial charge in [-0.05, 0) is 40.5 Å². The van der Waals surface area contributed by atoms with Gasteiger partial charge in [0.1, 0.15) is 12.4 Å². The summed E-state index contributed by atoms with van der Waals surface area (Å²) in [6.45, 7) is 0.165. The van der Waals surface area contributed by atoms with E-state index < -0.39 is 24.6 Å². The van der Waals surface area contributed by atoms with Gasteiger partial charge in [0, 0.05) is 12.8 Å². The first-order valence-corrected chi connectivity index (χ1v) is 12.6. The molecule has 0 aliphatic carbocycles. The summed E-state index contributed by atoms with van der Waals surface area (Å²) in [6, 6.07) is 32.8. The number of nitrogens with zero attached hydrogens (tertiary/aromatic N) is 1. The highest BCUT2D eigenvalue weighted by molar-refractivity contribution is 6.43. The van der Waals surface area contributed by atoms with Crippen LogP contribution in [-0.2, 0) is 22.5 Å². The van der Waals surface area contributed by atoms with E-state index in [9.17, 15) is 14.8 Å². The molecule has 0 saturated heterocycles. The first-order chi connectivity index (χ1) is 18.5. The third-order valence-corrected chi connectivity index (χ3v) is 6.69. The van der Waals surface area contributed by atoms with Crippen molar-refractivity contribution in [3.63, 3.8) is 0 Å². The van der Waals surface area contributed by atoms with Gasteiger partial charge in [-0.1, -0.05) is 96.2 Å². The van der Waals surface area contributed by atoms with E-state index in [0.29, 0.717) is 11.5 Å². The number of carbonyl (C=O) groups excluding carboxylic acids is 1. The van der Waals surface area contributed by atoms with Crippen molar-refractivity contribution in [1.29, 1.82) is 0 Å². The molecule has 1 aliphatic heterocycles. The zero-order valence-electron chi connectivity index (χ0n) is 20.9. The van der Waals surface area contributed by atoms with E-state index in [-0.39, 0.29) is 25.9 Å². The molecule has 1 heterocycles. The van der Waals surface area contributed by atoms with Gasteiger partial charge in [-0.15, -0.1) is 0 Å². The van der Waals surface area contributed by atoms with E-state index in [1.165, 1.54) is 0 Å². The number of rotatable bonds is 10. The lowest BCUT2D eigenvalue weighted by Crippen LogP contribution is -2.56. The van der Waals surface area contributed by atoms with Gasteiger partial charge in [0.05, 0.1) is 11.7 Å². The number of carbonyl (C=O) groups is 1. The second-order valence-electron chi connectivity index (χ2n) is 9.56. The van der Waals surface area contributed by atoms with Crippen molar-refractivity contribution in [2.75, 3.05) is 6.61 Å². The van der Waals surface area contributed by atoms with Crippen molar-refractivity contribution < 1.29 is 24.4 Å². The fourth-order valence-electron chi connectivity index (χ4n) is 4.67. The van der Waals surface area contributed by atoms with Gasteiger partial charge in [0.25, 0.3) is 5.91 Å². The van der Waals surface area contributed by atoms with E-state index >= 15 is 0 Å². The van der Waals surface area contributed by atoms with Gasteiger partial charge < -0.3 is 24.9 Å². The van der Waals surface area contributed by atoms with Crippen molar-refractivity contribution >= 4 is 29.5 Å². The van der Waals surface area contributed by atoms with E-state index in [4.69, 9.17) is 9.57 Å². The molecule has 192 valence electrons. The lowest BCUT2D eigenvalue weighted by molar-refractivity contribution is -0.144. The van der Waals surface area contributed by atoms with Crippen LogP contribution in [-0.4, -0.2) is 46.9 Å². The molecule has 2 atom stereocenters. The SMILES string of the molecule is O=C(NC(Cc1ccccc1)B(O)O)C1(Cc2ccccc2)CC(COc2ccc3ccccc3c2)=NO1. The number of amides is 1. The molecule has 0 saturated carbocycles. The Hall–Kier alpha value is -4.14. The summed E-state index contributed by atoms with van der Waals surface area (Å²) >= 11 is 0. The Labute approximate surface area is 221 Å². The molecule has 0 radical (unpaired) electrons. The average molecular weight is 508 g/mol. The van der Waals surface area contributed by atoms with Crippen LogP contribution in [0.1, 0.15) is 17.5 Å². The molecule has 1 amide bonds. The summed E-state index contributed by atoms with van der Waals surface area (Å²) in [5, 5.41) is 29.3. The third kappa shape index (κ3) is 6.04. The molecule has 0 fully saturated rings. The predicted molar refractivity (Wildman–Crippen MR) is 148 cm³/mol. The lowest BCUT2D eigenvalue weighted by atomic mass is 9.75. The Balaban J connectivity index is 1.31. The summed E-state index contributed by atoms with van der Waals surface area (Å²) in [7, 11) is -1.74. The number of fused-ring (bicyclic) bond motifs is 1. The maximum atomic E-state index is 13.7. The molecule has 0 aromatic heterocycles. The Bertz CT molecular complexity index is 1410. The summed E-state index contributed by atoms with van der Waals surface area (Å²) in [4.78, 5) is 19.5. The van der Waals surface area contributed by atoms with Crippen LogP contribution in [0.2, 0.25) is 0 Å². The number of hydrogen-bond donors (Lipinski definition) is 3. The molecule has 4 aromatic rings. The predicted octanol–water partition coefficient (Wildman–Crippen LogP) is 3.72. The Morgan fingerprint density at radius 2 is 1.58 bits per heavy atom. The molecule has 7 nitrogen and oxygen atoms in total. The van der Waals surface area contributed by atoms with E-state index in [1.807, 2.05) is 103 Å². The molecule has 1 aliphatic rings. The monoisotopic (exact) mass is 508 g/mol. The lowest BCUT2D eigenvalue weighted by Gasteiger charge is -2.28. The van der Waals surface area contributed by atoms with E-state index in [0.717, 1.165) is 21.9 Å². The molecule has 3 N–H and O–H groups in total. The first kappa shape index (κ1) is 25.5. The molecule has 38 heavy (non-hydrogen) atoms. The Morgan fingerprint density at radius 3 is 2.29 bits per heavy atom. The van der Waals surface area contributed by atoms with Crippen LogP contribution in [0.15, 0.2) is 108 Å². The minimum Gasteiger partial charge on any atom is -0.487 e. The molecular weight excluding hydrogens is 479 g/mol. The van der Waals surface area contributed by atoms with Crippen molar-refractivity contribution in [1.82, 2.24) is 5.32 Å². The molecule has 4 aromatic carbocycles. The van der Waals surface area contributed by atoms with Crippen molar-refractivity contribution in [3.05, 3.63) is 114 Å². The van der Waals surface area contributed by atoms with Gasteiger partial charge in [-0.25, -0.2) is 0 Å². The largest absolute Gasteiger partial charge is 0.487 e. The molecule has 5 rings (SSSR count). The summed E-state index contributed by atoms with van der Waals surface area (Å²) < 4.78 is 6.00. The van der Waals surface area contributed by atoms with Gasteiger partial charge in [0.15, 0.2) is 0 Å². The van der Waals surface area contributed by atoms with E-state index in [1.54, 1.807) is 0 Å². The smallest absolute Gasteiger partial charge is 0.475 e. The zero-order chi connectivity index (χ0) is 26.4. The van der Waals surface area contributed by atoms with Gasteiger partial charge in [-0.2, -0.15) is 0 Å². The van der Waals surface area contributed by atoms with Crippen molar-refractivity contribution in [2.24, 2.45) is 5.16 Å². The highest BCUT2D eigenvalue weighted by Crippen LogP contribution is 2.30. The minimum absolute atomic E-state index is 0.165. The highest BCUT2D eigenvalue weighted by atomic mass is 16.7. The molecule has 8 heteroatoms. The topological polar surface area (TPSA) is 100 Å². The number of hydrogen-bond acceptors (Lipinski definition) is 6. The second kappa shape index (κ2) is 11.5. The van der Waals surface area contributed by atoms with Gasteiger partial charge in [-0.3, -0.25) is 4.79 Å². The molecule has 0 bridgehead atoms. The van der Waals surface area contributed by atoms with Crippen LogP contribution >= 0.6 is 0 Å².